The van der Waals surface area contributed by atoms with Gasteiger partial charge >= 0.3 is 0 Å². The molecule has 1 N–H and O–H groups in total. The second-order valence-corrected chi connectivity index (χ2v) is 7.81. The molecule has 1 amide bonds. The predicted molar refractivity (Wildman–Crippen MR) is 108 cm³/mol. The molecular weight excluding hydrogens is 363 g/mol. The molecule has 0 fully saturated rings. The van der Waals surface area contributed by atoms with Crippen molar-refractivity contribution in [3.05, 3.63) is 46.7 Å². The number of aromatic nitrogens is 2. The van der Waals surface area contributed by atoms with Gasteiger partial charge in [0.15, 0.2) is 0 Å². The number of likely N-dealkylation sites (N-methyl/N-ethyl adjacent to an activating group) is 1. The van der Waals surface area contributed by atoms with Crippen molar-refractivity contribution < 1.29 is 9.18 Å². The highest BCUT2D eigenvalue weighted by Gasteiger charge is 2.17. The van der Waals surface area contributed by atoms with E-state index < -0.39 is 0 Å². The van der Waals surface area contributed by atoms with Crippen LogP contribution in [0.3, 0.4) is 0 Å². The van der Waals surface area contributed by atoms with Crippen LogP contribution >= 0.6 is 11.3 Å². The number of aryl methyl sites for hydroxylation is 1. The summed E-state index contributed by atoms with van der Waals surface area (Å²) in [5.74, 6) is -0.353. The van der Waals surface area contributed by atoms with Crippen molar-refractivity contribution in [1.29, 1.82) is 0 Å². The summed E-state index contributed by atoms with van der Waals surface area (Å²) < 4.78 is 15.0. The average molecular weight is 389 g/mol. The van der Waals surface area contributed by atoms with Gasteiger partial charge in [-0.1, -0.05) is 6.92 Å². The molecule has 0 spiro atoms. The normalized spacial score (nSPS) is 11.7. The fourth-order valence-electron chi connectivity index (χ4n) is 3.10. The summed E-state index contributed by atoms with van der Waals surface area (Å²) in [7, 11) is 0. The van der Waals surface area contributed by atoms with Gasteiger partial charge in [-0.2, -0.15) is 5.10 Å². The molecule has 2 heterocycles. The number of rotatable bonds is 7. The van der Waals surface area contributed by atoms with Gasteiger partial charge in [0.05, 0.1) is 16.3 Å². The Morgan fingerprint density at radius 3 is 2.67 bits per heavy atom. The van der Waals surface area contributed by atoms with E-state index in [1.165, 1.54) is 23.5 Å². The molecule has 5 nitrogen and oxygen atoms in total. The molecule has 0 bridgehead atoms. The smallest absolute Gasteiger partial charge is 0.261 e. The maximum Gasteiger partial charge on any atom is 0.261 e. The van der Waals surface area contributed by atoms with Gasteiger partial charge in [0.25, 0.3) is 5.91 Å². The minimum Gasteiger partial charge on any atom is -0.350 e. The fraction of sp³-hybridized carbons (Fsp3) is 0.400. The molecule has 0 unspecified atom stereocenters. The lowest BCUT2D eigenvalue weighted by atomic mass is 10.3. The van der Waals surface area contributed by atoms with E-state index in [0.717, 1.165) is 34.7 Å². The van der Waals surface area contributed by atoms with Gasteiger partial charge in [-0.3, -0.25) is 9.69 Å². The lowest BCUT2D eigenvalue weighted by Gasteiger charge is -2.24. The largest absolute Gasteiger partial charge is 0.350 e. The Bertz CT molecular complexity index is 930. The molecule has 0 aliphatic rings. The first-order valence-corrected chi connectivity index (χ1v) is 9.99. The van der Waals surface area contributed by atoms with E-state index in [9.17, 15) is 9.18 Å². The van der Waals surface area contributed by atoms with Crippen LogP contribution in [0.2, 0.25) is 0 Å². The van der Waals surface area contributed by atoms with Crippen LogP contribution in [0.4, 0.5) is 4.39 Å². The molecule has 0 aliphatic heterocycles. The lowest BCUT2D eigenvalue weighted by molar-refractivity contribution is 0.0950. The lowest BCUT2D eigenvalue weighted by Crippen LogP contribution is -2.38. The second kappa shape index (κ2) is 8.19. The summed E-state index contributed by atoms with van der Waals surface area (Å²) in [6.45, 7) is 10.7. The van der Waals surface area contributed by atoms with Gasteiger partial charge in [-0.05, 0) is 57.6 Å². The Labute approximate surface area is 162 Å². The molecule has 3 rings (SSSR count). The van der Waals surface area contributed by atoms with Gasteiger partial charge in [-0.15, -0.1) is 11.3 Å². The zero-order valence-corrected chi connectivity index (χ0v) is 16.9. The molecule has 0 saturated carbocycles. The van der Waals surface area contributed by atoms with Gasteiger partial charge in [0, 0.05) is 24.5 Å². The number of nitrogens with zero attached hydrogens (tertiary/aromatic N) is 3. The number of hydrogen-bond donors (Lipinski definition) is 1. The molecule has 0 radical (unpaired) electrons. The minimum absolute atomic E-state index is 0.0685. The third-order valence-electron chi connectivity index (χ3n) is 4.66. The maximum absolute atomic E-state index is 13.2. The molecule has 0 saturated heterocycles. The Hall–Kier alpha value is -2.25. The van der Waals surface area contributed by atoms with E-state index in [0.29, 0.717) is 17.5 Å². The van der Waals surface area contributed by atoms with Crippen LogP contribution in [0.15, 0.2) is 30.3 Å². The zero-order chi connectivity index (χ0) is 19.6. The van der Waals surface area contributed by atoms with Crippen molar-refractivity contribution in [1.82, 2.24) is 20.0 Å². The number of thiophene rings is 1. The Morgan fingerprint density at radius 2 is 2.04 bits per heavy atom. The van der Waals surface area contributed by atoms with Crippen molar-refractivity contribution in [3.8, 4) is 5.69 Å². The van der Waals surface area contributed by atoms with Crippen LogP contribution in [0.25, 0.3) is 15.9 Å². The Balaban J connectivity index is 1.77. The zero-order valence-electron chi connectivity index (χ0n) is 16.1. The fourth-order valence-corrected chi connectivity index (χ4v) is 4.20. The van der Waals surface area contributed by atoms with Gasteiger partial charge < -0.3 is 5.32 Å². The molecule has 1 aromatic carbocycles. The number of hydrogen-bond acceptors (Lipinski definition) is 4. The summed E-state index contributed by atoms with van der Waals surface area (Å²) in [6, 6.07) is 8.54. The molecule has 2 aromatic heterocycles. The predicted octanol–water partition coefficient (Wildman–Crippen LogP) is 3.99. The number of benzene rings is 1. The Morgan fingerprint density at radius 1 is 1.33 bits per heavy atom. The molecule has 7 heteroatoms. The quantitative estimate of drug-likeness (QED) is 0.666. The molecular formula is C20H25FN4OS. The van der Waals surface area contributed by atoms with E-state index >= 15 is 0 Å². The first kappa shape index (κ1) is 19.5. The van der Waals surface area contributed by atoms with E-state index in [1.807, 2.05) is 13.0 Å². The van der Waals surface area contributed by atoms with Gasteiger partial charge in [-0.25, -0.2) is 9.07 Å². The van der Waals surface area contributed by atoms with E-state index in [-0.39, 0.29) is 11.7 Å². The monoisotopic (exact) mass is 388 g/mol. The number of amides is 1. The average Bonchev–Trinajstić information content (AvgIpc) is 3.20. The van der Waals surface area contributed by atoms with Crippen molar-refractivity contribution in [2.45, 2.75) is 33.7 Å². The standard InChI is InChI=1S/C20H25FN4OS/c1-5-24(13(2)3)11-10-22-19(26)18-12-17-14(4)23-25(20(17)27-18)16-8-6-15(21)7-9-16/h6-9,12-13H,5,10-11H2,1-4H3,(H,22,26). The summed E-state index contributed by atoms with van der Waals surface area (Å²) in [4.78, 5) is 16.4. The van der Waals surface area contributed by atoms with Crippen LogP contribution in [0, 0.1) is 12.7 Å². The topological polar surface area (TPSA) is 50.2 Å². The summed E-state index contributed by atoms with van der Waals surface area (Å²) in [5.41, 5.74) is 1.63. The summed E-state index contributed by atoms with van der Waals surface area (Å²) >= 11 is 1.40. The highest BCUT2D eigenvalue weighted by molar-refractivity contribution is 7.20. The first-order chi connectivity index (χ1) is 12.9. The van der Waals surface area contributed by atoms with Crippen molar-refractivity contribution >= 4 is 27.5 Å². The van der Waals surface area contributed by atoms with E-state index in [4.69, 9.17) is 0 Å². The SMILES string of the molecule is CCN(CCNC(=O)c1cc2c(C)nn(-c3ccc(F)cc3)c2s1)C(C)C. The third-order valence-corrected chi connectivity index (χ3v) is 5.77. The molecule has 0 atom stereocenters. The van der Waals surface area contributed by atoms with E-state index in [1.54, 1.807) is 16.8 Å². The van der Waals surface area contributed by atoms with Gasteiger partial charge in [0.2, 0.25) is 0 Å². The molecule has 0 aliphatic carbocycles. The molecule has 144 valence electrons. The van der Waals surface area contributed by atoms with Crippen LogP contribution in [-0.2, 0) is 0 Å². The van der Waals surface area contributed by atoms with Gasteiger partial charge in [0.1, 0.15) is 10.6 Å². The second-order valence-electron chi connectivity index (χ2n) is 6.78. The summed E-state index contributed by atoms with van der Waals surface area (Å²) in [5, 5.41) is 8.49. The highest BCUT2D eigenvalue weighted by atomic mass is 32.1. The molecule has 3 aromatic rings. The van der Waals surface area contributed by atoms with Crippen molar-refractivity contribution in [2.75, 3.05) is 19.6 Å². The number of nitrogens with one attached hydrogen (secondary N) is 1. The number of carbonyl (C=O) groups excluding carboxylic acids is 1. The third kappa shape index (κ3) is 4.20. The van der Waals surface area contributed by atoms with Crippen LogP contribution < -0.4 is 5.32 Å². The highest BCUT2D eigenvalue weighted by Crippen LogP contribution is 2.30. The van der Waals surface area contributed by atoms with Crippen molar-refractivity contribution in [2.24, 2.45) is 0 Å². The maximum atomic E-state index is 13.2. The van der Waals surface area contributed by atoms with Crippen molar-refractivity contribution in [3.63, 3.8) is 0 Å². The van der Waals surface area contributed by atoms with Crippen LogP contribution in [-0.4, -0.2) is 46.3 Å². The van der Waals surface area contributed by atoms with Crippen LogP contribution in [0.1, 0.15) is 36.1 Å². The number of carbonyl (C=O) groups is 1. The Kier molecular flexibility index (Phi) is 5.92. The molecule has 27 heavy (non-hydrogen) atoms. The number of fused-ring (bicyclic) bond motifs is 1. The minimum atomic E-state index is -0.285. The van der Waals surface area contributed by atoms with Crippen LogP contribution in [0.5, 0.6) is 0 Å². The summed E-state index contributed by atoms with van der Waals surface area (Å²) in [6.07, 6.45) is 0. The first-order valence-electron chi connectivity index (χ1n) is 9.18. The van der Waals surface area contributed by atoms with E-state index in [2.05, 4.69) is 36.1 Å². The number of halogens is 1.